The number of hydrogen-bond donors (Lipinski definition) is 2. The van der Waals surface area contributed by atoms with Gasteiger partial charge in [0.15, 0.2) is 0 Å². The Bertz CT molecular complexity index is 451. The molecule has 0 aromatic heterocycles. The maximum atomic E-state index is 12.3. The third kappa shape index (κ3) is 3.31. The maximum Gasteiger partial charge on any atom is 0.227 e. The molecule has 1 saturated carbocycles. The Morgan fingerprint density at radius 2 is 2.05 bits per heavy atom. The summed E-state index contributed by atoms with van der Waals surface area (Å²) in [4.78, 5) is 12.3. The number of carbonyl (C=O) groups excluding carboxylic acids is 1. The highest BCUT2D eigenvalue weighted by Crippen LogP contribution is 2.44. The fraction of sp³-hybridized carbons (Fsp3) is 0.562. The Hall–Kier alpha value is -1.55. The van der Waals surface area contributed by atoms with Gasteiger partial charge in [0.1, 0.15) is 5.75 Å². The van der Waals surface area contributed by atoms with Crippen LogP contribution in [0.2, 0.25) is 0 Å². The molecule has 1 aromatic carbocycles. The van der Waals surface area contributed by atoms with Crippen LogP contribution in [0.3, 0.4) is 0 Å². The van der Waals surface area contributed by atoms with Gasteiger partial charge < -0.3 is 15.2 Å². The Morgan fingerprint density at radius 3 is 2.50 bits per heavy atom. The van der Waals surface area contributed by atoms with E-state index < -0.39 is 0 Å². The van der Waals surface area contributed by atoms with Gasteiger partial charge in [0.2, 0.25) is 5.91 Å². The molecule has 1 aliphatic rings. The first-order valence-corrected chi connectivity index (χ1v) is 7.16. The molecule has 0 spiro atoms. The van der Waals surface area contributed by atoms with Crippen LogP contribution in [0.15, 0.2) is 24.3 Å². The van der Waals surface area contributed by atoms with E-state index in [-0.39, 0.29) is 23.8 Å². The maximum absolute atomic E-state index is 12.3. The summed E-state index contributed by atoms with van der Waals surface area (Å²) in [6.45, 7) is 2.75. The molecule has 0 saturated heterocycles. The van der Waals surface area contributed by atoms with Crippen LogP contribution in [0.4, 0.5) is 0 Å². The molecular weight excluding hydrogens is 254 g/mol. The largest absolute Gasteiger partial charge is 0.497 e. The van der Waals surface area contributed by atoms with E-state index in [0.29, 0.717) is 6.54 Å². The molecule has 110 valence electrons. The zero-order valence-electron chi connectivity index (χ0n) is 12.2. The van der Waals surface area contributed by atoms with Crippen LogP contribution >= 0.6 is 0 Å². The zero-order chi connectivity index (χ0) is 14.6. The fourth-order valence-corrected chi connectivity index (χ4v) is 2.37. The van der Waals surface area contributed by atoms with Crippen molar-refractivity contribution in [1.82, 2.24) is 5.32 Å². The van der Waals surface area contributed by atoms with Crippen molar-refractivity contribution in [1.29, 1.82) is 0 Å². The smallest absolute Gasteiger partial charge is 0.227 e. The van der Waals surface area contributed by atoms with Gasteiger partial charge >= 0.3 is 0 Å². The number of rotatable bonds is 7. The van der Waals surface area contributed by atoms with Crippen LogP contribution in [0.25, 0.3) is 0 Å². The highest BCUT2D eigenvalue weighted by molar-refractivity contribution is 5.83. The van der Waals surface area contributed by atoms with Crippen LogP contribution in [0.5, 0.6) is 5.75 Å². The molecule has 1 aromatic rings. The molecule has 2 N–H and O–H groups in total. The predicted octanol–water partition coefficient (Wildman–Crippen LogP) is 2.08. The molecule has 4 nitrogen and oxygen atoms in total. The van der Waals surface area contributed by atoms with E-state index >= 15 is 0 Å². The molecule has 1 atom stereocenters. The van der Waals surface area contributed by atoms with Gasteiger partial charge in [0.25, 0.3) is 0 Å². The first-order chi connectivity index (χ1) is 9.64. The van der Waals surface area contributed by atoms with Gasteiger partial charge in [0, 0.05) is 12.0 Å². The fourth-order valence-electron chi connectivity index (χ4n) is 2.37. The molecule has 2 rings (SSSR count). The molecule has 1 amide bonds. The van der Waals surface area contributed by atoms with Crippen LogP contribution < -0.4 is 10.1 Å². The summed E-state index contributed by atoms with van der Waals surface area (Å²) in [5, 5.41) is 12.3. The number of nitrogens with one attached hydrogen (secondary N) is 1. The topological polar surface area (TPSA) is 58.6 Å². The number of amides is 1. The Balaban J connectivity index is 1.97. The number of ether oxygens (including phenoxy) is 1. The summed E-state index contributed by atoms with van der Waals surface area (Å²) in [5.41, 5.74) is 0.952. The average molecular weight is 277 g/mol. The van der Waals surface area contributed by atoms with Gasteiger partial charge in [-0.2, -0.15) is 0 Å². The second-order valence-electron chi connectivity index (χ2n) is 5.61. The Kier molecular flexibility index (Phi) is 4.65. The van der Waals surface area contributed by atoms with Gasteiger partial charge in [0.05, 0.1) is 19.6 Å². The second kappa shape index (κ2) is 6.27. The molecule has 4 heteroatoms. The lowest BCUT2D eigenvalue weighted by molar-refractivity contribution is -0.123. The van der Waals surface area contributed by atoms with Gasteiger partial charge in [-0.1, -0.05) is 19.1 Å². The third-order valence-electron chi connectivity index (χ3n) is 4.17. The minimum absolute atomic E-state index is 0.0393. The van der Waals surface area contributed by atoms with Gasteiger partial charge in [-0.25, -0.2) is 0 Å². The number of benzene rings is 1. The summed E-state index contributed by atoms with van der Waals surface area (Å²) < 4.78 is 5.13. The van der Waals surface area contributed by atoms with E-state index in [1.165, 1.54) is 0 Å². The van der Waals surface area contributed by atoms with Gasteiger partial charge in [-0.15, -0.1) is 0 Å². The van der Waals surface area contributed by atoms with E-state index in [4.69, 9.17) is 4.74 Å². The SMILES string of the molecule is CCC(C(=O)NCC1(CO)CC1)c1ccc(OC)cc1. The standard InChI is InChI=1S/C16H23NO3/c1-3-14(12-4-6-13(20-2)7-5-12)15(19)17-10-16(11-18)8-9-16/h4-7,14,18H,3,8-11H2,1-2H3,(H,17,19). The first-order valence-electron chi connectivity index (χ1n) is 7.16. The van der Waals surface area contributed by atoms with Crippen molar-refractivity contribution in [2.24, 2.45) is 5.41 Å². The molecule has 1 unspecified atom stereocenters. The lowest BCUT2D eigenvalue weighted by Gasteiger charge is -2.18. The predicted molar refractivity (Wildman–Crippen MR) is 77.8 cm³/mol. The molecule has 0 radical (unpaired) electrons. The van der Waals surface area contributed by atoms with Crippen molar-refractivity contribution in [3.63, 3.8) is 0 Å². The van der Waals surface area contributed by atoms with E-state index in [2.05, 4.69) is 5.32 Å². The van der Waals surface area contributed by atoms with Crippen molar-refractivity contribution >= 4 is 5.91 Å². The molecule has 20 heavy (non-hydrogen) atoms. The van der Waals surface area contributed by atoms with Crippen LogP contribution in [0.1, 0.15) is 37.7 Å². The average Bonchev–Trinajstić information content (AvgIpc) is 3.27. The number of carbonyl (C=O) groups is 1. The third-order valence-corrected chi connectivity index (χ3v) is 4.17. The summed E-state index contributed by atoms with van der Waals surface area (Å²) in [6.07, 6.45) is 2.76. The van der Waals surface area contributed by atoms with Crippen LogP contribution in [0, 0.1) is 5.41 Å². The van der Waals surface area contributed by atoms with Crippen molar-refractivity contribution in [2.45, 2.75) is 32.1 Å². The quantitative estimate of drug-likeness (QED) is 0.802. The highest BCUT2D eigenvalue weighted by Gasteiger charge is 2.42. The van der Waals surface area contributed by atoms with Gasteiger partial charge in [-0.05, 0) is 37.0 Å². The van der Waals surface area contributed by atoms with Crippen molar-refractivity contribution < 1.29 is 14.6 Å². The molecular formula is C16H23NO3. The minimum atomic E-state index is -0.143. The number of aliphatic hydroxyl groups excluding tert-OH is 1. The van der Waals surface area contributed by atoms with E-state index in [0.717, 1.165) is 30.6 Å². The molecule has 1 fully saturated rings. The lowest BCUT2D eigenvalue weighted by Crippen LogP contribution is -2.35. The summed E-state index contributed by atoms with van der Waals surface area (Å²) in [7, 11) is 1.63. The van der Waals surface area contributed by atoms with Crippen molar-refractivity contribution in [3.8, 4) is 5.75 Å². The molecule has 1 aliphatic carbocycles. The van der Waals surface area contributed by atoms with Crippen LogP contribution in [-0.4, -0.2) is 31.3 Å². The zero-order valence-corrected chi connectivity index (χ0v) is 12.2. The minimum Gasteiger partial charge on any atom is -0.497 e. The lowest BCUT2D eigenvalue weighted by atomic mass is 9.95. The van der Waals surface area contributed by atoms with E-state index in [1.54, 1.807) is 7.11 Å². The molecule has 0 aliphatic heterocycles. The first kappa shape index (κ1) is 14.9. The summed E-state index contributed by atoms with van der Waals surface area (Å²) in [6, 6.07) is 7.62. The van der Waals surface area contributed by atoms with Crippen molar-refractivity contribution in [2.75, 3.05) is 20.3 Å². The number of methoxy groups -OCH3 is 1. The second-order valence-corrected chi connectivity index (χ2v) is 5.61. The van der Waals surface area contributed by atoms with E-state index in [1.807, 2.05) is 31.2 Å². The normalized spacial score (nSPS) is 17.4. The van der Waals surface area contributed by atoms with Crippen molar-refractivity contribution in [3.05, 3.63) is 29.8 Å². The van der Waals surface area contributed by atoms with Crippen LogP contribution in [-0.2, 0) is 4.79 Å². The molecule has 0 bridgehead atoms. The monoisotopic (exact) mass is 277 g/mol. The Morgan fingerprint density at radius 1 is 1.40 bits per heavy atom. The molecule has 0 heterocycles. The van der Waals surface area contributed by atoms with Gasteiger partial charge in [-0.3, -0.25) is 4.79 Å². The summed E-state index contributed by atoms with van der Waals surface area (Å²) in [5.74, 6) is 0.689. The highest BCUT2D eigenvalue weighted by atomic mass is 16.5. The Labute approximate surface area is 120 Å². The number of aliphatic hydroxyl groups is 1. The van der Waals surface area contributed by atoms with E-state index in [9.17, 15) is 9.90 Å². The summed E-state index contributed by atoms with van der Waals surface area (Å²) >= 11 is 0. The number of hydrogen-bond acceptors (Lipinski definition) is 3.